The van der Waals surface area contributed by atoms with Crippen LogP contribution in [0, 0.1) is 36.5 Å². The van der Waals surface area contributed by atoms with Gasteiger partial charge in [0.15, 0.2) is 6.61 Å². The van der Waals surface area contributed by atoms with Crippen LogP contribution in [0.15, 0.2) is 28.8 Å². The first-order chi connectivity index (χ1) is 15.1. The minimum absolute atomic E-state index is 0.0574. The van der Waals surface area contributed by atoms with Crippen LogP contribution in [0.1, 0.15) is 25.8 Å². The number of hydrogen-bond acceptors (Lipinski definition) is 5. The van der Waals surface area contributed by atoms with Gasteiger partial charge in [0, 0.05) is 10.2 Å². The zero-order valence-electron chi connectivity index (χ0n) is 17.9. The highest BCUT2D eigenvalue weighted by Crippen LogP contribution is 2.53. The molecule has 1 aromatic carbocycles. The van der Waals surface area contributed by atoms with Crippen molar-refractivity contribution in [3.05, 3.63) is 39.3 Å². The molecule has 5 atom stereocenters. The summed E-state index contributed by atoms with van der Waals surface area (Å²) in [6.45, 7) is 4.77. The fourth-order valence-electron chi connectivity index (χ4n) is 5.06. The van der Waals surface area contributed by atoms with E-state index >= 15 is 0 Å². The number of carbonyl (C=O) groups is 4. The molecule has 2 aliphatic carbocycles. The number of imide groups is 1. The molecule has 1 saturated heterocycles. The Hall–Kier alpha value is -2.19. The van der Waals surface area contributed by atoms with Crippen molar-refractivity contribution in [1.82, 2.24) is 4.90 Å². The summed E-state index contributed by atoms with van der Waals surface area (Å²) >= 11 is 9.40. The van der Waals surface area contributed by atoms with Gasteiger partial charge in [0.05, 0.1) is 16.9 Å². The summed E-state index contributed by atoms with van der Waals surface area (Å²) < 4.78 is 5.94. The van der Waals surface area contributed by atoms with Gasteiger partial charge in [-0.1, -0.05) is 37.6 Å². The van der Waals surface area contributed by atoms with Crippen LogP contribution in [-0.2, 0) is 23.9 Å². The van der Waals surface area contributed by atoms with Crippen LogP contribution in [0.5, 0.6) is 0 Å². The van der Waals surface area contributed by atoms with Gasteiger partial charge >= 0.3 is 5.97 Å². The molecular formula is C23H24BrClN2O5. The summed E-state index contributed by atoms with van der Waals surface area (Å²) in [7, 11) is 0. The number of carbonyl (C=O) groups excluding carboxylic acids is 4. The summed E-state index contributed by atoms with van der Waals surface area (Å²) in [6, 6.07) is 2.30. The highest BCUT2D eigenvalue weighted by Gasteiger charge is 2.61. The molecule has 2 bridgehead atoms. The highest BCUT2D eigenvalue weighted by molar-refractivity contribution is 9.10. The van der Waals surface area contributed by atoms with E-state index in [-0.39, 0.29) is 41.4 Å². The summed E-state index contributed by atoms with van der Waals surface area (Å²) in [5.74, 6) is -2.93. The van der Waals surface area contributed by atoms with E-state index in [1.807, 2.05) is 12.2 Å². The molecule has 0 spiro atoms. The zero-order valence-corrected chi connectivity index (χ0v) is 20.3. The maximum absolute atomic E-state index is 13.1. The van der Waals surface area contributed by atoms with E-state index in [1.54, 1.807) is 32.9 Å². The number of likely N-dealkylation sites (tertiary alicyclic amines) is 1. The molecule has 3 aliphatic rings. The van der Waals surface area contributed by atoms with Gasteiger partial charge in [-0.2, -0.15) is 0 Å². The molecule has 2 fully saturated rings. The third-order valence-corrected chi connectivity index (χ3v) is 7.74. The van der Waals surface area contributed by atoms with Crippen molar-refractivity contribution in [3.8, 4) is 0 Å². The van der Waals surface area contributed by atoms with E-state index < -0.39 is 24.5 Å². The zero-order chi connectivity index (χ0) is 23.3. The molecule has 0 radical (unpaired) electrons. The lowest BCUT2D eigenvalue weighted by molar-refractivity contribution is -0.162. The Morgan fingerprint density at radius 1 is 1.19 bits per heavy atom. The van der Waals surface area contributed by atoms with Gasteiger partial charge in [0.2, 0.25) is 11.8 Å². The molecule has 7 nitrogen and oxygen atoms in total. The van der Waals surface area contributed by atoms with Crippen LogP contribution in [-0.4, -0.2) is 41.2 Å². The normalized spacial score (nSPS) is 26.6. The summed E-state index contributed by atoms with van der Waals surface area (Å²) in [6.07, 6.45) is 4.82. The first kappa shape index (κ1) is 23.0. The molecule has 1 aliphatic heterocycles. The standard InChI is InChI=1S/C23H24BrClN2O5/c1-10(2)20(27-21(29)18-12-4-5-13(7-12)19(18)22(27)30)23(31)32-9-17(28)26-16-8-15(25)14(24)6-11(16)3/h4-6,8,10,12-13,18-20H,7,9H2,1-3H3,(H,26,28)/t12-,13-,18-,19-,20-/m0/s1. The molecule has 1 heterocycles. The molecule has 170 valence electrons. The van der Waals surface area contributed by atoms with Gasteiger partial charge in [0.25, 0.3) is 5.91 Å². The molecule has 32 heavy (non-hydrogen) atoms. The maximum Gasteiger partial charge on any atom is 0.330 e. The third-order valence-electron chi connectivity index (χ3n) is 6.54. The molecule has 0 unspecified atom stereocenters. The van der Waals surface area contributed by atoms with Gasteiger partial charge < -0.3 is 10.1 Å². The van der Waals surface area contributed by atoms with E-state index in [1.165, 1.54) is 0 Å². The SMILES string of the molecule is Cc1cc(Br)c(Cl)cc1NC(=O)COC(=O)[C@H](C(C)C)N1C(=O)[C@@H]2[C@@H](C1=O)[C@H]1C=C[C@H]2C1. The predicted octanol–water partition coefficient (Wildman–Crippen LogP) is 3.72. The van der Waals surface area contributed by atoms with Crippen LogP contribution in [0.4, 0.5) is 5.69 Å². The second-order valence-electron chi connectivity index (χ2n) is 8.97. The summed E-state index contributed by atoms with van der Waals surface area (Å²) in [5.41, 5.74) is 1.28. The van der Waals surface area contributed by atoms with Crippen molar-refractivity contribution in [2.75, 3.05) is 11.9 Å². The van der Waals surface area contributed by atoms with Gasteiger partial charge in [0.1, 0.15) is 6.04 Å². The average Bonchev–Trinajstić information content (AvgIpc) is 3.40. The number of fused-ring (bicyclic) bond motifs is 5. The largest absolute Gasteiger partial charge is 0.454 e. The van der Waals surface area contributed by atoms with Gasteiger partial charge in [-0.15, -0.1) is 0 Å². The fraction of sp³-hybridized carbons (Fsp3) is 0.478. The van der Waals surface area contributed by atoms with Crippen molar-refractivity contribution in [3.63, 3.8) is 0 Å². The van der Waals surface area contributed by atoms with Crippen LogP contribution in [0.25, 0.3) is 0 Å². The number of halogens is 2. The number of ether oxygens (including phenoxy) is 1. The summed E-state index contributed by atoms with van der Waals surface area (Å²) in [4.78, 5) is 52.5. The van der Waals surface area contributed by atoms with Crippen molar-refractivity contribution >= 4 is 56.9 Å². The minimum atomic E-state index is -1.06. The van der Waals surface area contributed by atoms with Gasteiger partial charge in [-0.05, 0) is 64.7 Å². The van der Waals surface area contributed by atoms with Crippen LogP contribution in [0.3, 0.4) is 0 Å². The number of nitrogens with one attached hydrogen (secondary N) is 1. The van der Waals surface area contributed by atoms with Crippen molar-refractivity contribution < 1.29 is 23.9 Å². The number of aryl methyl sites for hydroxylation is 1. The van der Waals surface area contributed by atoms with Crippen molar-refractivity contribution in [2.45, 2.75) is 33.2 Å². The fourth-order valence-corrected chi connectivity index (χ4v) is 5.69. The Kier molecular flexibility index (Phi) is 6.20. The van der Waals surface area contributed by atoms with E-state index in [0.29, 0.717) is 15.2 Å². The minimum Gasteiger partial charge on any atom is -0.454 e. The van der Waals surface area contributed by atoms with Gasteiger partial charge in [-0.25, -0.2) is 4.79 Å². The summed E-state index contributed by atoms with van der Waals surface area (Å²) in [5, 5.41) is 3.10. The molecular weight excluding hydrogens is 500 g/mol. The number of allylic oxidation sites excluding steroid dienone is 2. The Bertz CT molecular complexity index is 1010. The van der Waals surface area contributed by atoms with Gasteiger partial charge in [-0.3, -0.25) is 19.3 Å². The van der Waals surface area contributed by atoms with Crippen LogP contribution in [0.2, 0.25) is 5.02 Å². The molecule has 1 aromatic rings. The molecule has 4 rings (SSSR count). The predicted molar refractivity (Wildman–Crippen MR) is 122 cm³/mol. The molecule has 1 N–H and O–H groups in total. The molecule has 0 aromatic heterocycles. The Labute approximate surface area is 199 Å². The van der Waals surface area contributed by atoms with Crippen LogP contribution < -0.4 is 5.32 Å². The first-order valence-electron chi connectivity index (χ1n) is 10.6. The maximum atomic E-state index is 13.1. The average molecular weight is 524 g/mol. The second-order valence-corrected chi connectivity index (χ2v) is 10.2. The molecule has 9 heteroatoms. The Morgan fingerprint density at radius 2 is 1.78 bits per heavy atom. The second kappa shape index (κ2) is 8.63. The van der Waals surface area contributed by atoms with E-state index in [2.05, 4.69) is 21.2 Å². The van der Waals surface area contributed by atoms with Crippen molar-refractivity contribution in [1.29, 1.82) is 0 Å². The first-order valence-corrected chi connectivity index (χ1v) is 11.7. The third kappa shape index (κ3) is 3.88. The van der Waals surface area contributed by atoms with Crippen LogP contribution >= 0.6 is 27.5 Å². The van der Waals surface area contributed by atoms with E-state index in [0.717, 1.165) is 16.9 Å². The molecule has 3 amide bonds. The number of esters is 1. The van der Waals surface area contributed by atoms with E-state index in [9.17, 15) is 19.2 Å². The molecule has 1 saturated carbocycles. The Balaban J connectivity index is 1.42. The topological polar surface area (TPSA) is 92.8 Å². The number of benzene rings is 1. The lowest BCUT2D eigenvalue weighted by Crippen LogP contribution is -2.50. The smallest absolute Gasteiger partial charge is 0.330 e. The van der Waals surface area contributed by atoms with Crippen molar-refractivity contribution in [2.24, 2.45) is 29.6 Å². The number of anilines is 1. The Morgan fingerprint density at radius 3 is 2.34 bits per heavy atom. The lowest BCUT2D eigenvalue weighted by Gasteiger charge is -2.28. The highest BCUT2D eigenvalue weighted by atomic mass is 79.9. The monoisotopic (exact) mass is 522 g/mol. The lowest BCUT2D eigenvalue weighted by atomic mass is 9.85. The number of rotatable bonds is 6. The number of amides is 3. The van der Waals surface area contributed by atoms with E-state index in [4.69, 9.17) is 16.3 Å². The number of nitrogens with zero attached hydrogens (tertiary/aromatic N) is 1. The number of hydrogen-bond donors (Lipinski definition) is 1. The quantitative estimate of drug-likeness (QED) is 0.348.